The van der Waals surface area contributed by atoms with Crippen LogP contribution in [0, 0.1) is 5.92 Å². The van der Waals surface area contributed by atoms with Crippen LogP contribution in [-0.4, -0.2) is 47.4 Å². The number of nitrogens with one attached hydrogen (secondary N) is 1. The van der Waals surface area contributed by atoms with Gasteiger partial charge < -0.3 is 15.0 Å². The molecule has 110 valence electrons. The summed E-state index contributed by atoms with van der Waals surface area (Å²) in [5.74, 6) is 1.18. The van der Waals surface area contributed by atoms with E-state index in [4.69, 9.17) is 4.74 Å². The zero-order valence-corrected chi connectivity index (χ0v) is 13.0. The lowest BCUT2D eigenvalue weighted by Crippen LogP contribution is -2.44. The minimum atomic E-state index is -0.510. The molecule has 0 aromatic rings. The third kappa shape index (κ3) is 5.72. The number of thiol groups is 1. The second kappa shape index (κ2) is 6.50. The average Bonchev–Trinajstić information content (AvgIpc) is 2.56. The fourth-order valence-corrected chi connectivity index (χ4v) is 2.28. The second-order valence-electron chi connectivity index (χ2n) is 6.10. The number of rotatable bonds is 4. The Morgan fingerprint density at radius 2 is 2.21 bits per heavy atom. The van der Waals surface area contributed by atoms with Crippen LogP contribution < -0.4 is 5.32 Å². The molecule has 2 unspecified atom stereocenters. The van der Waals surface area contributed by atoms with E-state index in [1.807, 2.05) is 27.7 Å². The molecule has 1 rings (SSSR count). The van der Waals surface area contributed by atoms with E-state index in [1.165, 1.54) is 0 Å². The summed E-state index contributed by atoms with van der Waals surface area (Å²) < 4.78 is 5.18. The molecule has 1 aliphatic rings. The summed E-state index contributed by atoms with van der Waals surface area (Å²) in [6.45, 7) is 8.56. The van der Waals surface area contributed by atoms with Gasteiger partial charge in [-0.3, -0.25) is 4.79 Å². The van der Waals surface area contributed by atoms with Crippen LogP contribution in [-0.2, 0) is 9.53 Å². The minimum Gasteiger partial charge on any atom is -0.444 e. The predicted molar refractivity (Wildman–Crippen MR) is 77.4 cm³/mol. The van der Waals surface area contributed by atoms with Crippen LogP contribution in [0.4, 0.5) is 4.79 Å². The van der Waals surface area contributed by atoms with Crippen LogP contribution in [0.2, 0.25) is 0 Å². The van der Waals surface area contributed by atoms with Gasteiger partial charge in [0.05, 0.1) is 0 Å². The van der Waals surface area contributed by atoms with Crippen molar-refractivity contribution < 1.29 is 14.3 Å². The number of likely N-dealkylation sites (tertiary alicyclic amines) is 1. The van der Waals surface area contributed by atoms with Gasteiger partial charge in [-0.25, -0.2) is 4.79 Å². The molecule has 1 saturated heterocycles. The molecule has 2 amide bonds. The summed E-state index contributed by atoms with van der Waals surface area (Å²) in [7, 11) is 0. The lowest BCUT2D eigenvalue weighted by atomic mass is 10.1. The fraction of sp³-hybridized carbons (Fsp3) is 0.846. The zero-order chi connectivity index (χ0) is 14.6. The molecule has 5 nitrogen and oxygen atoms in total. The van der Waals surface area contributed by atoms with Gasteiger partial charge in [-0.1, -0.05) is 0 Å². The predicted octanol–water partition coefficient (Wildman–Crippen LogP) is 1.68. The highest BCUT2D eigenvalue weighted by Gasteiger charge is 2.29. The first-order chi connectivity index (χ1) is 8.71. The van der Waals surface area contributed by atoms with Gasteiger partial charge in [0.25, 0.3) is 0 Å². The SMILES string of the molecule is CC(CN1CC(CS)CC1=O)NC(=O)OC(C)(C)C. The number of ether oxygens (including phenoxy) is 1. The molecule has 0 aromatic carbocycles. The molecule has 0 bridgehead atoms. The van der Waals surface area contributed by atoms with E-state index in [1.54, 1.807) is 4.90 Å². The maximum absolute atomic E-state index is 11.7. The summed E-state index contributed by atoms with van der Waals surface area (Å²) in [4.78, 5) is 25.1. The molecule has 0 spiro atoms. The molecular weight excluding hydrogens is 264 g/mol. The Hall–Kier alpha value is -0.910. The number of hydrogen-bond donors (Lipinski definition) is 2. The molecule has 0 aromatic heterocycles. The molecular formula is C13H24N2O3S. The van der Waals surface area contributed by atoms with Crippen LogP contribution >= 0.6 is 12.6 Å². The molecule has 1 N–H and O–H groups in total. The molecule has 1 heterocycles. The quantitative estimate of drug-likeness (QED) is 0.774. The Kier molecular flexibility index (Phi) is 5.52. The van der Waals surface area contributed by atoms with Gasteiger partial charge in [0.1, 0.15) is 5.60 Å². The standard InChI is InChI=1S/C13H24N2O3S/c1-9(14-12(17)18-13(2,3)4)6-15-7-10(8-19)5-11(15)16/h9-10,19H,5-8H2,1-4H3,(H,14,17). The Bertz CT molecular complexity index is 341. The zero-order valence-electron chi connectivity index (χ0n) is 12.1. The summed E-state index contributed by atoms with van der Waals surface area (Å²) >= 11 is 4.22. The van der Waals surface area contributed by atoms with Crippen molar-refractivity contribution in [2.24, 2.45) is 5.92 Å². The van der Waals surface area contributed by atoms with Gasteiger partial charge in [0.2, 0.25) is 5.91 Å². The molecule has 0 saturated carbocycles. The Morgan fingerprint density at radius 1 is 1.58 bits per heavy atom. The Labute approximate surface area is 120 Å². The molecule has 2 atom stereocenters. The molecule has 6 heteroatoms. The molecule has 1 fully saturated rings. The lowest BCUT2D eigenvalue weighted by Gasteiger charge is -2.24. The number of alkyl carbamates (subject to hydrolysis) is 1. The number of hydrogen-bond acceptors (Lipinski definition) is 4. The van der Waals surface area contributed by atoms with Crippen LogP contribution in [0.25, 0.3) is 0 Å². The van der Waals surface area contributed by atoms with Crippen molar-refractivity contribution in [3.63, 3.8) is 0 Å². The first-order valence-corrected chi connectivity index (χ1v) is 7.22. The first-order valence-electron chi connectivity index (χ1n) is 6.59. The third-order valence-electron chi connectivity index (χ3n) is 2.81. The highest BCUT2D eigenvalue weighted by molar-refractivity contribution is 7.80. The summed E-state index contributed by atoms with van der Waals surface area (Å²) in [5.41, 5.74) is -0.510. The van der Waals surface area contributed by atoms with Gasteiger partial charge >= 0.3 is 6.09 Å². The maximum Gasteiger partial charge on any atom is 0.407 e. The van der Waals surface area contributed by atoms with Gasteiger partial charge in [0, 0.05) is 25.6 Å². The van der Waals surface area contributed by atoms with Gasteiger partial charge in [-0.2, -0.15) is 12.6 Å². The number of nitrogens with zero attached hydrogens (tertiary/aromatic N) is 1. The highest BCUT2D eigenvalue weighted by Crippen LogP contribution is 2.18. The highest BCUT2D eigenvalue weighted by atomic mass is 32.1. The third-order valence-corrected chi connectivity index (χ3v) is 3.33. The van der Waals surface area contributed by atoms with Crippen LogP contribution in [0.15, 0.2) is 0 Å². The summed E-state index contributed by atoms with van der Waals surface area (Å²) in [5, 5.41) is 2.74. The van der Waals surface area contributed by atoms with Crippen LogP contribution in [0.3, 0.4) is 0 Å². The lowest BCUT2D eigenvalue weighted by molar-refractivity contribution is -0.128. The van der Waals surface area contributed by atoms with E-state index < -0.39 is 11.7 Å². The van der Waals surface area contributed by atoms with E-state index in [0.717, 1.165) is 12.3 Å². The van der Waals surface area contributed by atoms with Crippen LogP contribution in [0.5, 0.6) is 0 Å². The maximum atomic E-state index is 11.7. The molecule has 19 heavy (non-hydrogen) atoms. The average molecular weight is 288 g/mol. The number of amides is 2. The van der Waals surface area contributed by atoms with Crippen molar-refractivity contribution in [2.75, 3.05) is 18.8 Å². The van der Waals surface area contributed by atoms with Crippen molar-refractivity contribution in [1.29, 1.82) is 0 Å². The van der Waals surface area contributed by atoms with E-state index in [0.29, 0.717) is 18.9 Å². The van der Waals surface area contributed by atoms with Crippen molar-refractivity contribution >= 4 is 24.6 Å². The minimum absolute atomic E-state index is 0.127. The Morgan fingerprint density at radius 3 is 2.68 bits per heavy atom. The van der Waals surface area contributed by atoms with E-state index in [9.17, 15) is 9.59 Å². The molecule has 0 radical (unpaired) electrons. The number of carbonyl (C=O) groups excluding carboxylic acids is 2. The van der Waals surface area contributed by atoms with Gasteiger partial charge in [0.15, 0.2) is 0 Å². The van der Waals surface area contributed by atoms with Gasteiger partial charge in [-0.15, -0.1) is 0 Å². The first kappa shape index (κ1) is 16.1. The molecule has 1 aliphatic heterocycles. The van der Waals surface area contributed by atoms with Crippen molar-refractivity contribution in [1.82, 2.24) is 10.2 Å². The number of carbonyl (C=O) groups is 2. The van der Waals surface area contributed by atoms with Gasteiger partial charge in [-0.05, 0) is 39.4 Å². The van der Waals surface area contributed by atoms with E-state index >= 15 is 0 Å². The fourth-order valence-electron chi connectivity index (χ4n) is 2.04. The topological polar surface area (TPSA) is 58.6 Å². The van der Waals surface area contributed by atoms with E-state index in [-0.39, 0.29) is 11.9 Å². The van der Waals surface area contributed by atoms with Crippen LogP contribution in [0.1, 0.15) is 34.1 Å². The summed E-state index contributed by atoms with van der Waals surface area (Å²) in [6, 6.07) is -0.127. The van der Waals surface area contributed by atoms with Crippen molar-refractivity contribution in [2.45, 2.75) is 45.8 Å². The largest absolute Gasteiger partial charge is 0.444 e. The van der Waals surface area contributed by atoms with Crippen molar-refractivity contribution in [3.05, 3.63) is 0 Å². The Balaban J connectivity index is 2.37. The monoisotopic (exact) mass is 288 g/mol. The summed E-state index contributed by atoms with van der Waals surface area (Å²) in [6.07, 6.45) is 0.111. The second-order valence-corrected chi connectivity index (χ2v) is 6.46. The van der Waals surface area contributed by atoms with Crippen molar-refractivity contribution in [3.8, 4) is 0 Å². The van der Waals surface area contributed by atoms with E-state index in [2.05, 4.69) is 17.9 Å². The molecule has 0 aliphatic carbocycles. The smallest absolute Gasteiger partial charge is 0.407 e. The normalized spacial score (nSPS) is 21.4.